The fourth-order valence-corrected chi connectivity index (χ4v) is 5.20. The molecule has 0 N–H and O–H groups in total. The lowest BCUT2D eigenvalue weighted by atomic mass is 10.3. The number of anilines is 1. The van der Waals surface area contributed by atoms with Crippen molar-refractivity contribution in [3.63, 3.8) is 0 Å². The molecule has 4 rings (SSSR count). The van der Waals surface area contributed by atoms with Crippen molar-refractivity contribution in [3.8, 4) is 17.3 Å². The number of sulfonamides is 1. The molecule has 0 aliphatic carbocycles. The van der Waals surface area contributed by atoms with Gasteiger partial charge >= 0.3 is 0 Å². The van der Waals surface area contributed by atoms with Gasteiger partial charge < -0.3 is 18.9 Å². The zero-order valence-electron chi connectivity index (χ0n) is 18.2. The molecule has 0 radical (unpaired) electrons. The Labute approximate surface area is 188 Å². The Hall–Kier alpha value is -3.11. The van der Waals surface area contributed by atoms with Crippen LogP contribution in [-0.2, 0) is 10.0 Å². The lowest BCUT2D eigenvalue weighted by Crippen LogP contribution is -2.49. The molecule has 9 nitrogen and oxygen atoms in total. The second-order valence-corrected chi connectivity index (χ2v) is 9.10. The van der Waals surface area contributed by atoms with Crippen molar-refractivity contribution in [2.45, 2.75) is 18.7 Å². The predicted octanol–water partition coefficient (Wildman–Crippen LogP) is 2.58. The van der Waals surface area contributed by atoms with E-state index in [-0.39, 0.29) is 4.90 Å². The molecular formula is C22H27N5O4S. The van der Waals surface area contributed by atoms with Crippen molar-refractivity contribution in [1.82, 2.24) is 18.8 Å². The number of rotatable bonds is 8. The molecule has 3 aromatic rings. The molecule has 32 heavy (non-hydrogen) atoms. The van der Waals surface area contributed by atoms with Gasteiger partial charge in [-0.3, -0.25) is 0 Å². The van der Waals surface area contributed by atoms with Crippen molar-refractivity contribution in [1.29, 1.82) is 0 Å². The van der Waals surface area contributed by atoms with Crippen LogP contribution < -0.4 is 14.4 Å². The summed E-state index contributed by atoms with van der Waals surface area (Å²) in [4.78, 5) is 10.9. The van der Waals surface area contributed by atoms with Crippen LogP contribution in [0, 0.1) is 0 Å². The Morgan fingerprint density at radius 1 is 0.906 bits per heavy atom. The molecule has 0 saturated carbocycles. The van der Waals surface area contributed by atoms with Gasteiger partial charge in [-0.25, -0.2) is 18.4 Å². The summed E-state index contributed by atoms with van der Waals surface area (Å²) < 4.78 is 41.3. The molecule has 0 atom stereocenters. The largest absolute Gasteiger partial charge is 0.494 e. The zero-order chi connectivity index (χ0) is 22.6. The van der Waals surface area contributed by atoms with E-state index >= 15 is 0 Å². The molecule has 1 aromatic carbocycles. The Bertz CT molecular complexity index is 1140. The standard InChI is InChI=1S/C22H27N5O4S/c1-3-30-18-7-8-20(19(15-18)31-4-2)32(28,29)27-13-11-26(12-14-27)22-16-21(23-17-24-22)25-9-5-6-10-25/h5-10,15-17H,3-4,11-14H2,1-2H3. The molecule has 0 bridgehead atoms. The quantitative estimate of drug-likeness (QED) is 0.514. The van der Waals surface area contributed by atoms with Crippen LogP contribution in [0.15, 0.2) is 60.0 Å². The van der Waals surface area contributed by atoms with Gasteiger partial charge in [-0.05, 0) is 38.1 Å². The van der Waals surface area contributed by atoms with Gasteiger partial charge in [0, 0.05) is 50.7 Å². The Morgan fingerprint density at radius 3 is 2.28 bits per heavy atom. The molecule has 0 amide bonds. The Kier molecular flexibility index (Phi) is 6.61. The SMILES string of the molecule is CCOc1ccc(S(=O)(=O)N2CCN(c3cc(-n4cccc4)ncn3)CC2)c(OCC)c1. The van der Waals surface area contributed by atoms with Crippen LogP contribution in [0.1, 0.15) is 13.8 Å². The highest BCUT2D eigenvalue weighted by molar-refractivity contribution is 7.89. The van der Waals surface area contributed by atoms with E-state index in [0.29, 0.717) is 50.9 Å². The fraction of sp³-hybridized carbons (Fsp3) is 0.364. The van der Waals surface area contributed by atoms with E-state index in [1.807, 2.05) is 49.0 Å². The smallest absolute Gasteiger partial charge is 0.246 e. The van der Waals surface area contributed by atoms with Crippen molar-refractivity contribution < 1.29 is 17.9 Å². The van der Waals surface area contributed by atoms with Crippen molar-refractivity contribution in [2.75, 3.05) is 44.3 Å². The number of aromatic nitrogens is 3. The monoisotopic (exact) mass is 457 g/mol. The molecule has 170 valence electrons. The third-order valence-corrected chi connectivity index (χ3v) is 7.15. The minimum Gasteiger partial charge on any atom is -0.494 e. The average Bonchev–Trinajstić information content (AvgIpc) is 3.35. The molecule has 1 aliphatic heterocycles. The Balaban J connectivity index is 1.50. The molecule has 10 heteroatoms. The second kappa shape index (κ2) is 9.58. The van der Waals surface area contributed by atoms with Gasteiger partial charge in [0.1, 0.15) is 34.4 Å². The summed E-state index contributed by atoms with van der Waals surface area (Å²) in [7, 11) is -3.71. The summed E-state index contributed by atoms with van der Waals surface area (Å²) in [5.74, 6) is 2.44. The van der Waals surface area contributed by atoms with Crippen molar-refractivity contribution >= 4 is 15.8 Å². The third-order valence-electron chi connectivity index (χ3n) is 5.21. The third kappa shape index (κ3) is 4.56. The highest BCUT2D eigenvalue weighted by Crippen LogP contribution is 2.32. The highest BCUT2D eigenvalue weighted by atomic mass is 32.2. The maximum absolute atomic E-state index is 13.4. The number of ether oxygens (including phenoxy) is 2. The van der Waals surface area contributed by atoms with Crippen LogP contribution in [0.3, 0.4) is 0 Å². The lowest BCUT2D eigenvalue weighted by molar-refractivity contribution is 0.314. The minimum atomic E-state index is -3.71. The molecule has 1 fully saturated rings. The summed E-state index contributed by atoms with van der Waals surface area (Å²) >= 11 is 0. The van der Waals surface area contributed by atoms with Gasteiger partial charge in [0.05, 0.1) is 13.2 Å². The molecule has 2 aromatic heterocycles. The maximum atomic E-state index is 13.4. The molecule has 1 saturated heterocycles. The van der Waals surface area contributed by atoms with Crippen LogP contribution in [0.25, 0.3) is 5.82 Å². The van der Waals surface area contributed by atoms with Crippen molar-refractivity contribution in [2.24, 2.45) is 0 Å². The van der Waals surface area contributed by atoms with Crippen molar-refractivity contribution in [3.05, 3.63) is 55.1 Å². The molecule has 1 aliphatic rings. The van der Waals surface area contributed by atoms with Gasteiger partial charge in [0.15, 0.2) is 0 Å². The first kappa shape index (κ1) is 22.1. The van der Waals surface area contributed by atoms with E-state index in [9.17, 15) is 8.42 Å². The molecule has 0 spiro atoms. The molecule has 0 unspecified atom stereocenters. The van der Waals surface area contributed by atoms with Crippen LogP contribution in [0.4, 0.5) is 5.82 Å². The minimum absolute atomic E-state index is 0.160. The van der Waals surface area contributed by atoms with Gasteiger partial charge in [-0.1, -0.05) is 0 Å². The van der Waals surface area contributed by atoms with Gasteiger partial charge in [0.25, 0.3) is 0 Å². The summed E-state index contributed by atoms with van der Waals surface area (Å²) in [6, 6.07) is 10.6. The van der Waals surface area contributed by atoms with E-state index < -0.39 is 10.0 Å². The van der Waals surface area contributed by atoms with E-state index in [4.69, 9.17) is 9.47 Å². The van der Waals surface area contributed by atoms with Gasteiger partial charge in [0.2, 0.25) is 10.0 Å². The van der Waals surface area contributed by atoms with E-state index in [0.717, 1.165) is 11.6 Å². The lowest BCUT2D eigenvalue weighted by Gasteiger charge is -2.34. The number of hydrogen-bond acceptors (Lipinski definition) is 7. The van der Waals surface area contributed by atoms with E-state index in [1.165, 1.54) is 10.6 Å². The molecule has 3 heterocycles. The fourth-order valence-electron chi connectivity index (χ4n) is 3.66. The first-order valence-corrected chi connectivity index (χ1v) is 12.1. The van der Waals surface area contributed by atoms with Crippen LogP contribution in [0.2, 0.25) is 0 Å². The van der Waals surface area contributed by atoms with E-state index in [1.54, 1.807) is 18.2 Å². The number of benzene rings is 1. The van der Waals surface area contributed by atoms with Gasteiger partial charge in [-0.15, -0.1) is 0 Å². The summed E-state index contributed by atoms with van der Waals surface area (Å²) in [6.45, 7) is 6.33. The first-order chi connectivity index (χ1) is 15.5. The van der Waals surface area contributed by atoms with Crippen LogP contribution >= 0.6 is 0 Å². The topological polar surface area (TPSA) is 89.8 Å². The maximum Gasteiger partial charge on any atom is 0.246 e. The average molecular weight is 458 g/mol. The predicted molar refractivity (Wildman–Crippen MR) is 121 cm³/mol. The van der Waals surface area contributed by atoms with Crippen LogP contribution in [0.5, 0.6) is 11.5 Å². The van der Waals surface area contributed by atoms with Gasteiger partial charge in [-0.2, -0.15) is 4.31 Å². The van der Waals surface area contributed by atoms with Crippen LogP contribution in [-0.4, -0.2) is 66.7 Å². The number of nitrogens with zero attached hydrogens (tertiary/aromatic N) is 5. The Morgan fingerprint density at radius 2 is 1.59 bits per heavy atom. The summed E-state index contributed by atoms with van der Waals surface area (Å²) in [6.07, 6.45) is 5.37. The number of hydrogen-bond donors (Lipinski definition) is 0. The first-order valence-electron chi connectivity index (χ1n) is 10.6. The summed E-state index contributed by atoms with van der Waals surface area (Å²) in [5.41, 5.74) is 0. The normalized spacial score (nSPS) is 15.0. The zero-order valence-corrected chi connectivity index (χ0v) is 19.0. The summed E-state index contributed by atoms with van der Waals surface area (Å²) in [5, 5.41) is 0. The number of piperazine rings is 1. The highest BCUT2D eigenvalue weighted by Gasteiger charge is 2.31. The van der Waals surface area contributed by atoms with E-state index in [2.05, 4.69) is 14.9 Å². The second-order valence-electron chi connectivity index (χ2n) is 7.19. The molecular weight excluding hydrogens is 430 g/mol.